The van der Waals surface area contributed by atoms with E-state index in [-0.39, 0.29) is 5.92 Å². The van der Waals surface area contributed by atoms with Crippen molar-refractivity contribution in [1.29, 1.82) is 0 Å². The molecule has 2 fully saturated rings. The summed E-state index contributed by atoms with van der Waals surface area (Å²) in [5.74, 6) is 0.703. The number of hydrogen-bond acceptors (Lipinski definition) is 2. The lowest BCUT2D eigenvalue weighted by molar-refractivity contribution is -0.124. The highest BCUT2D eigenvalue weighted by Crippen LogP contribution is 2.40. The molecule has 2 saturated heterocycles. The molecule has 2 aromatic rings. The van der Waals surface area contributed by atoms with Gasteiger partial charge in [0.05, 0.1) is 0 Å². The van der Waals surface area contributed by atoms with Crippen molar-refractivity contribution in [3.8, 4) is 0 Å². The monoisotopic (exact) mass is 347 g/mol. The lowest BCUT2D eigenvalue weighted by atomic mass is 9.84. The molecular formula is C24H29NO. The Balaban J connectivity index is 1.42. The molecule has 0 aromatic heterocycles. The molecule has 4 rings (SSSR count). The zero-order valence-corrected chi connectivity index (χ0v) is 15.9. The normalized spacial score (nSPS) is 25.4. The third kappa shape index (κ3) is 3.48. The number of piperidine rings is 1. The number of fused-ring (bicyclic) bond motifs is 2. The standard InChI is InChI=1S/C24H29NO/c1-17-7-6-10-20(18(17)2)15-24(26)21-13-22-11-12-23(14-21)25(22)16-19-8-4-3-5-9-19/h3-10,21-23H,11-16H2,1-2H3. The highest BCUT2D eigenvalue weighted by atomic mass is 16.1. The van der Waals surface area contributed by atoms with Crippen LogP contribution in [0.1, 0.15) is 47.9 Å². The first-order valence-electron chi connectivity index (χ1n) is 9.99. The van der Waals surface area contributed by atoms with Crippen molar-refractivity contribution >= 4 is 5.78 Å². The predicted molar refractivity (Wildman–Crippen MR) is 106 cm³/mol. The van der Waals surface area contributed by atoms with E-state index in [2.05, 4.69) is 67.3 Å². The summed E-state index contributed by atoms with van der Waals surface area (Å²) in [7, 11) is 0. The first-order chi connectivity index (χ1) is 12.6. The third-order valence-electron chi connectivity index (χ3n) is 6.63. The molecule has 0 aliphatic carbocycles. The molecule has 2 aromatic carbocycles. The van der Waals surface area contributed by atoms with Crippen LogP contribution in [0, 0.1) is 19.8 Å². The minimum atomic E-state index is 0.249. The number of ketones is 1. The molecule has 136 valence electrons. The summed E-state index contributed by atoms with van der Waals surface area (Å²) >= 11 is 0. The van der Waals surface area contributed by atoms with Crippen LogP contribution in [0.3, 0.4) is 0 Å². The Morgan fingerprint density at radius 3 is 2.35 bits per heavy atom. The second kappa shape index (κ2) is 7.36. The topological polar surface area (TPSA) is 20.3 Å². The van der Waals surface area contributed by atoms with Crippen molar-refractivity contribution in [3.63, 3.8) is 0 Å². The number of hydrogen-bond donors (Lipinski definition) is 0. The minimum absolute atomic E-state index is 0.249. The Labute approximate surface area is 157 Å². The van der Waals surface area contributed by atoms with Gasteiger partial charge in [0.1, 0.15) is 5.78 Å². The molecule has 0 amide bonds. The van der Waals surface area contributed by atoms with Gasteiger partial charge in [-0.1, -0.05) is 48.5 Å². The Morgan fingerprint density at radius 1 is 0.962 bits per heavy atom. The summed E-state index contributed by atoms with van der Waals surface area (Å²) in [6.45, 7) is 5.31. The molecule has 2 unspecified atom stereocenters. The van der Waals surface area contributed by atoms with Crippen LogP contribution >= 0.6 is 0 Å². The van der Waals surface area contributed by atoms with Gasteiger partial charge in [0, 0.05) is 31.0 Å². The van der Waals surface area contributed by atoms with E-state index >= 15 is 0 Å². The van der Waals surface area contributed by atoms with Crippen molar-refractivity contribution in [1.82, 2.24) is 4.90 Å². The molecular weight excluding hydrogens is 318 g/mol. The molecule has 2 aliphatic rings. The summed E-state index contributed by atoms with van der Waals surface area (Å²) in [6, 6.07) is 18.3. The second-order valence-corrected chi connectivity index (χ2v) is 8.21. The summed E-state index contributed by atoms with van der Waals surface area (Å²) in [6.07, 6.45) is 5.21. The van der Waals surface area contributed by atoms with Crippen molar-refractivity contribution in [2.45, 2.75) is 64.6 Å². The van der Waals surface area contributed by atoms with E-state index in [1.807, 2.05) is 0 Å². The van der Waals surface area contributed by atoms with E-state index in [4.69, 9.17) is 0 Å². The zero-order chi connectivity index (χ0) is 18.1. The SMILES string of the molecule is Cc1cccc(CC(=O)C2CC3CCC(C2)N3Cc2ccccc2)c1C. The van der Waals surface area contributed by atoms with Crippen molar-refractivity contribution < 1.29 is 4.79 Å². The van der Waals surface area contributed by atoms with E-state index in [9.17, 15) is 4.79 Å². The number of rotatable bonds is 5. The molecule has 2 heteroatoms. The van der Waals surface area contributed by atoms with Crippen LogP contribution in [0.25, 0.3) is 0 Å². The Bertz CT molecular complexity index is 768. The van der Waals surface area contributed by atoms with E-state index in [0.29, 0.717) is 24.3 Å². The van der Waals surface area contributed by atoms with Gasteiger partial charge < -0.3 is 0 Å². The lowest BCUT2D eigenvalue weighted by Crippen LogP contribution is -2.44. The summed E-state index contributed by atoms with van der Waals surface area (Å²) in [4.78, 5) is 15.7. The van der Waals surface area contributed by atoms with Crippen LogP contribution in [0.5, 0.6) is 0 Å². The highest BCUT2D eigenvalue weighted by Gasteiger charge is 2.42. The van der Waals surface area contributed by atoms with E-state index in [1.54, 1.807) is 0 Å². The molecule has 2 bridgehead atoms. The maximum absolute atomic E-state index is 13.0. The Morgan fingerprint density at radius 2 is 1.65 bits per heavy atom. The molecule has 2 atom stereocenters. The maximum Gasteiger partial charge on any atom is 0.140 e. The van der Waals surface area contributed by atoms with Crippen LogP contribution in [0.15, 0.2) is 48.5 Å². The van der Waals surface area contributed by atoms with E-state index < -0.39 is 0 Å². The van der Waals surface area contributed by atoms with Crippen molar-refractivity contribution in [3.05, 3.63) is 70.8 Å². The predicted octanol–water partition coefficient (Wildman–Crippen LogP) is 4.86. The molecule has 0 radical (unpaired) electrons. The van der Waals surface area contributed by atoms with Gasteiger partial charge in [-0.3, -0.25) is 9.69 Å². The van der Waals surface area contributed by atoms with Gasteiger partial charge in [0.15, 0.2) is 0 Å². The highest BCUT2D eigenvalue weighted by molar-refractivity contribution is 5.84. The number of benzene rings is 2. The fraction of sp³-hybridized carbons (Fsp3) is 0.458. The Kier molecular flexibility index (Phi) is 4.95. The van der Waals surface area contributed by atoms with Gasteiger partial charge in [-0.2, -0.15) is 0 Å². The number of nitrogens with zero attached hydrogens (tertiary/aromatic N) is 1. The maximum atomic E-state index is 13.0. The second-order valence-electron chi connectivity index (χ2n) is 8.21. The van der Waals surface area contributed by atoms with Gasteiger partial charge in [-0.25, -0.2) is 0 Å². The molecule has 26 heavy (non-hydrogen) atoms. The number of aryl methyl sites for hydroxylation is 1. The molecule has 2 nitrogen and oxygen atoms in total. The first-order valence-corrected chi connectivity index (χ1v) is 9.99. The fourth-order valence-corrected chi connectivity index (χ4v) is 4.92. The number of carbonyl (C=O) groups is 1. The molecule has 2 heterocycles. The van der Waals surface area contributed by atoms with Crippen LogP contribution in [0.4, 0.5) is 0 Å². The van der Waals surface area contributed by atoms with Gasteiger partial charge >= 0.3 is 0 Å². The quantitative estimate of drug-likeness (QED) is 0.770. The zero-order valence-electron chi connectivity index (χ0n) is 15.9. The summed E-state index contributed by atoms with van der Waals surface area (Å²) < 4.78 is 0. The van der Waals surface area contributed by atoms with Gasteiger partial charge in [-0.15, -0.1) is 0 Å². The number of Topliss-reactive ketones (excluding diaryl/α,β-unsaturated/α-hetero) is 1. The molecule has 2 aliphatic heterocycles. The van der Waals surface area contributed by atoms with Crippen molar-refractivity contribution in [2.75, 3.05) is 0 Å². The first kappa shape index (κ1) is 17.5. The lowest BCUT2D eigenvalue weighted by Gasteiger charge is -2.38. The molecule has 0 spiro atoms. The van der Waals surface area contributed by atoms with Gasteiger partial charge in [0.25, 0.3) is 0 Å². The smallest absolute Gasteiger partial charge is 0.140 e. The minimum Gasteiger partial charge on any atom is -0.299 e. The van der Waals surface area contributed by atoms with Crippen LogP contribution in [0.2, 0.25) is 0 Å². The third-order valence-corrected chi connectivity index (χ3v) is 6.63. The summed E-state index contributed by atoms with van der Waals surface area (Å²) in [5, 5.41) is 0. The van der Waals surface area contributed by atoms with Gasteiger partial charge in [0.2, 0.25) is 0 Å². The Hall–Kier alpha value is -1.93. The average molecular weight is 348 g/mol. The van der Waals surface area contributed by atoms with Crippen molar-refractivity contribution in [2.24, 2.45) is 5.92 Å². The van der Waals surface area contributed by atoms with Crippen LogP contribution in [-0.4, -0.2) is 22.8 Å². The fourth-order valence-electron chi connectivity index (χ4n) is 4.92. The van der Waals surface area contributed by atoms with Crippen LogP contribution in [-0.2, 0) is 17.8 Å². The van der Waals surface area contributed by atoms with Gasteiger partial charge in [-0.05, 0) is 61.8 Å². The van der Waals surface area contributed by atoms with E-state index in [0.717, 1.165) is 19.4 Å². The molecule has 0 saturated carbocycles. The van der Waals surface area contributed by atoms with E-state index in [1.165, 1.54) is 35.1 Å². The summed E-state index contributed by atoms with van der Waals surface area (Å²) in [5.41, 5.74) is 5.18. The van der Waals surface area contributed by atoms with Crippen LogP contribution < -0.4 is 0 Å². The average Bonchev–Trinajstić information content (AvgIpc) is 2.88. The largest absolute Gasteiger partial charge is 0.299 e. The molecule has 0 N–H and O–H groups in total. The number of carbonyl (C=O) groups excluding carboxylic acids is 1.